The Morgan fingerprint density at radius 3 is 2.19 bits per heavy atom. The van der Waals surface area contributed by atoms with Crippen LogP contribution in [-0.2, 0) is 12.7 Å². The zero-order valence-corrected chi connectivity index (χ0v) is 14.9. The van der Waals surface area contributed by atoms with Gasteiger partial charge in [-0.15, -0.1) is 0 Å². The Kier molecular flexibility index (Phi) is 6.34. The number of piperazine rings is 1. The Morgan fingerprint density at radius 1 is 0.889 bits per heavy atom. The van der Waals surface area contributed by atoms with E-state index in [4.69, 9.17) is 4.74 Å². The number of hydrogen-bond acceptors (Lipinski definition) is 3. The molecule has 3 nitrogen and oxygen atoms in total. The van der Waals surface area contributed by atoms with E-state index < -0.39 is 17.6 Å². The molecule has 0 atom stereocenters. The number of halogens is 4. The van der Waals surface area contributed by atoms with Crippen molar-refractivity contribution in [1.82, 2.24) is 9.80 Å². The van der Waals surface area contributed by atoms with Gasteiger partial charge in [-0.2, -0.15) is 13.2 Å². The van der Waals surface area contributed by atoms with Crippen LogP contribution in [0.3, 0.4) is 0 Å². The van der Waals surface area contributed by atoms with Crippen LogP contribution in [0.1, 0.15) is 11.1 Å². The standard InChI is InChI=1S/C20H22F4N2O/c21-19-14-16(6-7-18(19)20(22,23)24)15-26-10-8-25(9-11-26)12-13-27-17-4-2-1-3-5-17/h1-7,14H,8-13,15H2. The maximum Gasteiger partial charge on any atom is 0.419 e. The number of alkyl halides is 3. The van der Waals surface area contributed by atoms with Crippen molar-refractivity contribution in [3.8, 4) is 5.75 Å². The number of benzene rings is 2. The molecule has 0 amide bonds. The van der Waals surface area contributed by atoms with Crippen LogP contribution in [0, 0.1) is 5.82 Å². The molecule has 0 aliphatic carbocycles. The maximum atomic E-state index is 13.7. The molecule has 146 valence electrons. The molecule has 0 radical (unpaired) electrons. The lowest BCUT2D eigenvalue weighted by Gasteiger charge is -2.34. The lowest BCUT2D eigenvalue weighted by molar-refractivity contribution is -0.140. The van der Waals surface area contributed by atoms with E-state index in [2.05, 4.69) is 9.80 Å². The molecule has 0 aromatic heterocycles. The van der Waals surface area contributed by atoms with Crippen LogP contribution in [0.4, 0.5) is 17.6 Å². The third-order valence-electron chi connectivity index (χ3n) is 4.63. The lowest BCUT2D eigenvalue weighted by atomic mass is 10.1. The molecule has 0 saturated carbocycles. The van der Waals surface area contributed by atoms with Crippen molar-refractivity contribution >= 4 is 0 Å². The number of ether oxygens (including phenoxy) is 1. The van der Waals surface area contributed by atoms with Crippen molar-refractivity contribution in [2.45, 2.75) is 12.7 Å². The van der Waals surface area contributed by atoms with Gasteiger partial charge in [-0.25, -0.2) is 4.39 Å². The molecule has 0 spiro atoms. The number of nitrogens with zero attached hydrogens (tertiary/aromatic N) is 2. The molecule has 2 aromatic carbocycles. The normalized spacial score (nSPS) is 16.4. The first-order chi connectivity index (χ1) is 12.9. The molecular weight excluding hydrogens is 360 g/mol. The van der Waals surface area contributed by atoms with E-state index >= 15 is 0 Å². The Bertz CT molecular complexity index is 729. The Morgan fingerprint density at radius 2 is 1.56 bits per heavy atom. The Hall–Kier alpha value is -2.12. The monoisotopic (exact) mass is 382 g/mol. The maximum absolute atomic E-state index is 13.7. The highest BCUT2D eigenvalue weighted by molar-refractivity contribution is 5.26. The predicted octanol–water partition coefficient (Wildman–Crippen LogP) is 4.04. The second-order valence-electron chi connectivity index (χ2n) is 6.59. The van der Waals surface area contributed by atoms with Crippen LogP contribution in [0.25, 0.3) is 0 Å². The van der Waals surface area contributed by atoms with E-state index in [1.807, 2.05) is 30.3 Å². The fourth-order valence-electron chi connectivity index (χ4n) is 3.13. The van der Waals surface area contributed by atoms with Crippen molar-refractivity contribution < 1.29 is 22.3 Å². The first kappa shape index (κ1) is 19.6. The van der Waals surface area contributed by atoms with Gasteiger partial charge in [0.05, 0.1) is 5.56 Å². The van der Waals surface area contributed by atoms with Gasteiger partial charge in [-0.1, -0.05) is 24.3 Å². The molecule has 7 heteroatoms. The number of hydrogen-bond donors (Lipinski definition) is 0. The molecule has 1 aliphatic heterocycles. The third kappa shape index (κ3) is 5.68. The highest BCUT2D eigenvalue weighted by Gasteiger charge is 2.34. The Balaban J connectivity index is 1.42. The van der Waals surface area contributed by atoms with Crippen LogP contribution < -0.4 is 4.74 Å². The van der Waals surface area contributed by atoms with E-state index in [1.54, 1.807) is 0 Å². The SMILES string of the molecule is Fc1cc(CN2CCN(CCOc3ccccc3)CC2)ccc1C(F)(F)F. The van der Waals surface area contributed by atoms with E-state index in [0.717, 1.165) is 50.6 Å². The van der Waals surface area contributed by atoms with Gasteiger partial charge in [0, 0.05) is 39.3 Å². The van der Waals surface area contributed by atoms with Crippen LogP contribution in [-0.4, -0.2) is 49.1 Å². The summed E-state index contributed by atoms with van der Waals surface area (Å²) in [4.78, 5) is 4.41. The largest absolute Gasteiger partial charge is 0.492 e. The second kappa shape index (κ2) is 8.71. The van der Waals surface area contributed by atoms with Gasteiger partial charge in [0.1, 0.15) is 18.2 Å². The summed E-state index contributed by atoms with van der Waals surface area (Å²) >= 11 is 0. The third-order valence-corrected chi connectivity index (χ3v) is 4.63. The molecule has 1 aliphatic rings. The Labute approximate surface area is 156 Å². The molecule has 1 heterocycles. The summed E-state index contributed by atoms with van der Waals surface area (Å²) < 4.78 is 57.3. The molecule has 0 bridgehead atoms. The van der Waals surface area contributed by atoms with Crippen molar-refractivity contribution in [1.29, 1.82) is 0 Å². The van der Waals surface area contributed by atoms with Gasteiger partial charge in [0.25, 0.3) is 0 Å². The van der Waals surface area contributed by atoms with Gasteiger partial charge in [-0.05, 0) is 29.8 Å². The summed E-state index contributed by atoms with van der Waals surface area (Å²) in [5.74, 6) is -0.364. The van der Waals surface area contributed by atoms with Gasteiger partial charge in [-0.3, -0.25) is 9.80 Å². The van der Waals surface area contributed by atoms with Crippen molar-refractivity contribution in [2.75, 3.05) is 39.3 Å². The molecule has 2 aromatic rings. The van der Waals surface area contributed by atoms with Gasteiger partial charge >= 0.3 is 6.18 Å². The fourth-order valence-corrected chi connectivity index (χ4v) is 3.13. The number of rotatable bonds is 6. The van der Waals surface area contributed by atoms with Crippen molar-refractivity contribution in [3.63, 3.8) is 0 Å². The minimum absolute atomic E-state index is 0.448. The molecular formula is C20H22F4N2O. The van der Waals surface area contributed by atoms with Crippen LogP contribution >= 0.6 is 0 Å². The summed E-state index contributed by atoms with van der Waals surface area (Å²) in [5, 5.41) is 0. The molecule has 1 saturated heterocycles. The topological polar surface area (TPSA) is 15.7 Å². The average Bonchev–Trinajstić information content (AvgIpc) is 2.63. The van der Waals surface area contributed by atoms with E-state index in [-0.39, 0.29) is 0 Å². The highest BCUT2D eigenvalue weighted by Crippen LogP contribution is 2.31. The van der Waals surface area contributed by atoms with Gasteiger partial charge in [0.2, 0.25) is 0 Å². The quantitative estimate of drug-likeness (QED) is 0.702. The molecule has 3 rings (SSSR count). The summed E-state index contributed by atoms with van der Waals surface area (Å²) in [6.07, 6.45) is -4.66. The minimum Gasteiger partial charge on any atom is -0.492 e. The minimum atomic E-state index is -4.66. The second-order valence-corrected chi connectivity index (χ2v) is 6.59. The predicted molar refractivity (Wildman–Crippen MR) is 95.1 cm³/mol. The molecule has 0 unspecified atom stereocenters. The summed E-state index contributed by atoms with van der Waals surface area (Å²) in [5.41, 5.74) is -0.657. The molecule has 1 fully saturated rings. The van der Waals surface area contributed by atoms with E-state index in [0.29, 0.717) is 18.7 Å². The summed E-state index contributed by atoms with van der Waals surface area (Å²) in [6, 6.07) is 12.8. The van der Waals surface area contributed by atoms with Crippen LogP contribution in [0.5, 0.6) is 5.75 Å². The zero-order valence-electron chi connectivity index (χ0n) is 14.9. The van der Waals surface area contributed by atoms with E-state index in [1.165, 1.54) is 6.07 Å². The molecule has 27 heavy (non-hydrogen) atoms. The highest BCUT2D eigenvalue weighted by atomic mass is 19.4. The first-order valence-corrected chi connectivity index (χ1v) is 8.90. The average molecular weight is 382 g/mol. The smallest absolute Gasteiger partial charge is 0.419 e. The van der Waals surface area contributed by atoms with Gasteiger partial charge < -0.3 is 4.74 Å². The van der Waals surface area contributed by atoms with Crippen LogP contribution in [0.15, 0.2) is 48.5 Å². The van der Waals surface area contributed by atoms with E-state index in [9.17, 15) is 17.6 Å². The summed E-state index contributed by atoms with van der Waals surface area (Å²) in [6.45, 7) is 5.14. The number of para-hydroxylation sites is 1. The van der Waals surface area contributed by atoms with Crippen LogP contribution in [0.2, 0.25) is 0 Å². The summed E-state index contributed by atoms with van der Waals surface area (Å²) in [7, 11) is 0. The van der Waals surface area contributed by atoms with Crippen molar-refractivity contribution in [2.24, 2.45) is 0 Å². The van der Waals surface area contributed by atoms with Crippen molar-refractivity contribution in [3.05, 3.63) is 65.5 Å². The fraction of sp³-hybridized carbons (Fsp3) is 0.400. The first-order valence-electron chi connectivity index (χ1n) is 8.90. The molecule has 0 N–H and O–H groups in total. The lowest BCUT2D eigenvalue weighted by Crippen LogP contribution is -2.47. The zero-order chi connectivity index (χ0) is 19.3. The van der Waals surface area contributed by atoms with Gasteiger partial charge in [0.15, 0.2) is 0 Å².